The first-order chi connectivity index (χ1) is 13.2. The first kappa shape index (κ1) is 19.1. The molecule has 0 saturated carbocycles. The molecule has 0 aliphatic carbocycles. The van der Waals surface area contributed by atoms with E-state index in [9.17, 15) is 4.79 Å². The highest BCUT2D eigenvalue weighted by atomic mass is 32.2. The molecule has 0 radical (unpaired) electrons. The lowest BCUT2D eigenvalue weighted by Crippen LogP contribution is -2.33. The topological polar surface area (TPSA) is 54.9 Å². The predicted molar refractivity (Wildman–Crippen MR) is 111 cm³/mol. The Kier molecular flexibility index (Phi) is 6.60. The molecule has 1 atom stereocenters. The molecule has 1 heterocycles. The van der Waals surface area contributed by atoms with E-state index in [0.717, 1.165) is 18.4 Å². The fraction of sp³-hybridized carbons (Fsp3) is 0.227. The fourth-order valence-electron chi connectivity index (χ4n) is 2.85. The highest BCUT2D eigenvalue weighted by molar-refractivity contribution is 7.98. The number of nitrogens with one attached hydrogen (secondary N) is 1. The first-order valence-corrected chi connectivity index (χ1v) is 10.2. The number of aryl methyl sites for hydroxylation is 1. The number of thioether (sulfide) groups is 1. The quantitative estimate of drug-likeness (QED) is 0.482. The molecule has 138 valence electrons. The lowest BCUT2D eigenvalue weighted by Gasteiger charge is -2.15. The molecule has 0 aliphatic rings. The van der Waals surface area contributed by atoms with Crippen LogP contribution in [-0.2, 0) is 6.42 Å². The number of aromatic nitrogens is 2. The van der Waals surface area contributed by atoms with Crippen LogP contribution in [0.1, 0.15) is 29.3 Å². The van der Waals surface area contributed by atoms with Gasteiger partial charge in [-0.05, 0) is 31.6 Å². The molecule has 3 aromatic rings. The summed E-state index contributed by atoms with van der Waals surface area (Å²) in [6.45, 7) is 2.03. The lowest BCUT2D eigenvalue weighted by atomic mass is 10.0. The molecule has 0 aliphatic heterocycles. The zero-order valence-corrected chi connectivity index (χ0v) is 16.4. The third-order valence-electron chi connectivity index (χ3n) is 4.33. The summed E-state index contributed by atoms with van der Waals surface area (Å²) in [5, 5.41) is 3.74. The van der Waals surface area contributed by atoms with Gasteiger partial charge in [0.25, 0.3) is 5.91 Å². The number of nitrogens with zero attached hydrogens (tertiary/aromatic N) is 2. The Hall–Kier alpha value is -2.66. The molecular weight excluding hydrogens is 354 g/mol. The molecule has 1 aromatic heterocycles. The molecule has 0 fully saturated rings. The number of benzene rings is 2. The Labute approximate surface area is 164 Å². The van der Waals surface area contributed by atoms with Crippen LogP contribution < -0.4 is 5.32 Å². The number of hydrogen-bond acceptors (Lipinski definition) is 4. The van der Waals surface area contributed by atoms with Crippen LogP contribution in [0.2, 0.25) is 0 Å². The SMILES string of the molecule is CSc1ncc(C(=O)NC(C)CCc2ccccc2)c(-c2ccccc2)n1. The standard InChI is InChI=1S/C22H23N3OS/c1-16(13-14-17-9-5-3-6-10-17)24-21(26)19-15-23-22(27-2)25-20(19)18-11-7-4-8-12-18/h3-12,15-16H,13-14H2,1-2H3,(H,24,26). The van der Waals surface area contributed by atoms with E-state index in [4.69, 9.17) is 0 Å². The summed E-state index contributed by atoms with van der Waals surface area (Å²) in [5.41, 5.74) is 3.36. The van der Waals surface area contributed by atoms with Crippen molar-refractivity contribution in [3.8, 4) is 11.3 Å². The Bertz CT molecular complexity index is 885. The van der Waals surface area contributed by atoms with Crippen LogP contribution in [-0.4, -0.2) is 28.2 Å². The van der Waals surface area contributed by atoms with E-state index in [-0.39, 0.29) is 11.9 Å². The van der Waals surface area contributed by atoms with Crippen molar-refractivity contribution in [1.82, 2.24) is 15.3 Å². The van der Waals surface area contributed by atoms with Crippen LogP contribution in [0.4, 0.5) is 0 Å². The van der Waals surface area contributed by atoms with Crippen molar-refractivity contribution in [2.75, 3.05) is 6.26 Å². The second-order valence-corrected chi connectivity index (χ2v) is 7.16. The lowest BCUT2D eigenvalue weighted by molar-refractivity contribution is 0.0938. The van der Waals surface area contributed by atoms with E-state index in [2.05, 4.69) is 27.4 Å². The van der Waals surface area contributed by atoms with Gasteiger partial charge in [-0.25, -0.2) is 9.97 Å². The molecule has 3 rings (SSSR count). The molecule has 0 bridgehead atoms. The number of hydrogen-bond donors (Lipinski definition) is 1. The molecule has 1 amide bonds. The van der Waals surface area contributed by atoms with E-state index < -0.39 is 0 Å². The second-order valence-electron chi connectivity index (χ2n) is 6.38. The smallest absolute Gasteiger partial charge is 0.255 e. The van der Waals surface area contributed by atoms with Crippen LogP contribution >= 0.6 is 11.8 Å². The van der Waals surface area contributed by atoms with Crippen LogP contribution in [0.15, 0.2) is 72.0 Å². The second kappa shape index (κ2) is 9.33. The van der Waals surface area contributed by atoms with Crippen LogP contribution in [0.5, 0.6) is 0 Å². The zero-order chi connectivity index (χ0) is 19.1. The van der Waals surface area contributed by atoms with Crippen molar-refractivity contribution >= 4 is 17.7 Å². The molecule has 4 nitrogen and oxygen atoms in total. The highest BCUT2D eigenvalue weighted by Crippen LogP contribution is 2.23. The largest absolute Gasteiger partial charge is 0.349 e. The molecule has 1 N–H and O–H groups in total. The number of rotatable bonds is 7. The van der Waals surface area contributed by atoms with Gasteiger partial charge >= 0.3 is 0 Å². The van der Waals surface area contributed by atoms with Crippen LogP contribution in [0.25, 0.3) is 11.3 Å². The Morgan fingerprint density at radius 1 is 1.07 bits per heavy atom. The van der Waals surface area contributed by atoms with Gasteiger partial charge < -0.3 is 5.32 Å². The van der Waals surface area contributed by atoms with E-state index in [1.54, 1.807) is 6.20 Å². The summed E-state index contributed by atoms with van der Waals surface area (Å²) in [4.78, 5) is 21.7. The summed E-state index contributed by atoms with van der Waals surface area (Å²) in [7, 11) is 0. The van der Waals surface area contributed by atoms with Crippen LogP contribution in [0.3, 0.4) is 0 Å². The normalized spacial score (nSPS) is 11.8. The Morgan fingerprint density at radius 3 is 2.41 bits per heavy atom. The molecule has 1 unspecified atom stereocenters. The van der Waals surface area contributed by atoms with Crippen LogP contribution in [0, 0.1) is 0 Å². The van der Waals surface area contributed by atoms with Crippen molar-refractivity contribution in [2.24, 2.45) is 0 Å². The van der Waals surface area contributed by atoms with Crippen molar-refractivity contribution in [3.63, 3.8) is 0 Å². The molecule has 27 heavy (non-hydrogen) atoms. The van der Waals surface area contributed by atoms with E-state index in [0.29, 0.717) is 16.4 Å². The number of carbonyl (C=O) groups is 1. The predicted octanol–water partition coefficient (Wildman–Crippen LogP) is 4.62. The van der Waals surface area contributed by atoms with Gasteiger partial charge in [0.05, 0.1) is 11.3 Å². The maximum absolute atomic E-state index is 12.9. The highest BCUT2D eigenvalue weighted by Gasteiger charge is 2.17. The molecule has 5 heteroatoms. The minimum Gasteiger partial charge on any atom is -0.349 e. The average molecular weight is 378 g/mol. The summed E-state index contributed by atoms with van der Waals surface area (Å²) in [6.07, 6.45) is 5.35. The molecule has 0 spiro atoms. The van der Waals surface area contributed by atoms with Crippen molar-refractivity contribution in [3.05, 3.63) is 78.0 Å². The Morgan fingerprint density at radius 2 is 1.74 bits per heavy atom. The van der Waals surface area contributed by atoms with Gasteiger partial charge in [-0.15, -0.1) is 0 Å². The summed E-state index contributed by atoms with van der Waals surface area (Å²) < 4.78 is 0. The maximum Gasteiger partial charge on any atom is 0.255 e. The summed E-state index contributed by atoms with van der Waals surface area (Å²) >= 11 is 1.46. The first-order valence-electron chi connectivity index (χ1n) is 8.98. The van der Waals surface area contributed by atoms with Gasteiger partial charge in [-0.3, -0.25) is 4.79 Å². The zero-order valence-electron chi connectivity index (χ0n) is 15.6. The van der Waals surface area contributed by atoms with Gasteiger partial charge in [-0.1, -0.05) is 72.4 Å². The Balaban J connectivity index is 1.74. The fourth-order valence-corrected chi connectivity index (χ4v) is 3.19. The van der Waals surface area contributed by atoms with E-state index in [1.807, 2.05) is 61.7 Å². The summed E-state index contributed by atoms with van der Waals surface area (Å²) in [6, 6.07) is 20.1. The maximum atomic E-state index is 12.9. The van der Waals surface area contributed by atoms with Gasteiger partial charge in [-0.2, -0.15) is 0 Å². The van der Waals surface area contributed by atoms with Gasteiger partial charge in [0.15, 0.2) is 5.16 Å². The monoisotopic (exact) mass is 377 g/mol. The van der Waals surface area contributed by atoms with E-state index in [1.165, 1.54) is 17.3 Å². The van der Waals surface area contributed by atoms with Gasteiger partial charge in [0, 0.05) is 17.8 Å². The van der Waals surface area contributed by atoms with Gasteiger partial charge in [0.2, 0.25) is 0 Å². The number of carbonyl (C=O) groups excluding carboxylic acids is 1. The van der Waals surface area contributed by atoms with E-state index >= 15 is 0 Å². The molecular formula is C22H23N3OS. The third-order valence-corrected chi connectivity index (χ3v) is 4.89. The minimum absolute atomic E-state index is 0.0570. The van der Waals surface area contributed by atoms with Crippen molar-refractivity contribution < 1.29 is 4.79 Å². The molecule has 2 aromatic carbocycles. The number of amides is 1. The molecule has 0 saturated heterocycles. The summed E-state index contributed by atoms with van der Waals surface area (Å²) in [5.74, 6) is -0.137. The minimum atomic E-state index is -0.137. The van der Waals surface area contributed by atoms with Crippen molar-refractivity contribution in [1.29, 1.82) is 0 Å². The average Bonchev–Trinajstić information content (AvgIpc) is 2.73. The third kappa shape index (κ3) is 5.17. The van der Waals surface area contributed by atoms with Gasteiger partial charge in [0.1, 0.15) is 0 Å². The van der Waals surface area contributed by atoms with Crippen molar-refractivity contribution in [2.45, 2.75) is 31.0 Å².